The maximum absolute atomic E-state index is 12.9. The molecule has 0 aliphatic carbocycles. The molecule has 4 aromatic rings. The number of hydrogen-bond acceptors (Lipinski definition) is 7. The highest BCUT2D eigenvalue weighted by atomic mass is 19.3. The van der Waals surface area contributed by atoms with Crippen molar-refractivity contribution >= 4 is 11.5 Å². The number of rotatable bonds is 5. The number of methoxy groups -OCH3 is 2. The Morgan fingerprint density at radius 2 is 1.96 bits per heavy atom. The van der Waals surface area contributed by atoms with Crippen molar-refractivity contribution in [1.29, 1.82) is 0 Å². The molecule has 0 amide bonds. The summed E-state index contributed by atoms with van der Waals surface area (Å²) in [5.74, 6) is 0.957. The zero-order chi connectivity index (χ0) is 19.8. The molecule has 4 heterocycles. The summed E-state index contributed by atoms with van der Waals surface area (Å²) in [5.41, 5.74) is 8.46. The zero-order valence-corrected chi connectivity index (χ0v) is 14.9. The summed E-state index contributed by atoms with van der Waals surface area (Å²) in [6, 6.07) is 3.47. The first-order valence-electron chi connectivity index (χ1n) is 8.07. The van der Waals surface area contributed by atoms with Crippen LogP contribution in [0, 0.1) is 0 Å². The van der Waals surface area contributed by atoms with E-state index in [1.54, 1.807) is 24.5 Å². The van der Waals surface area contributed by atoms with Crippen molar-refractivity contribution in [3.8, 4) is 34.0 Å². The summed E-state index contributed by atoms with van der Waals surface area (Å²) in [6.45, 7) is -2.75. The number of nitrogen functional groups attached to an aromatic ring is 1. The standard InChI is InChI=1S/C17H15F2N7O2/c1-27-12-5-9(6-21-16(12)28-2)11-3-4-25-15(23-11)13(14(20)24-25)10-7-22-26(8-10)17(18)19/h3-8,17H,1-2H3,(H2,20,24). The quantitative estimate of drug-likeness (QED) is 0.561. The summed E-state index contributed by atoms with van der Waals surface area (Å²) >= 11 is 0. The van der Waals surface area contributed by atoms with Gasteiger partial charge >= 0.3 is 6.55 Å². The van der Waals surface area contributed by atoms with Crippen molar-refractivity contribution in [3.05, 3.63) is 36.9 Å². The van der Waals surface area contributed by atoms with Crippen LogP contribution in [0.15, 0.2) is 36.9 Å². The van der Waals surface area contributed by atoms with Gasteiger partial charge < -0.3 is 15.2 Å². The molecule has 0 aromatic carbocycles. The van der Waals surface area contributed by atoms with E-state index in [2.05, 4.69) is 20.2 Å². The van der Waals surface area contributed by atoms with Gasteiger partial charge in [-0.2, -0.15) is 13.9 Å². The molecule has 0 saturated heterocycles. The maximum atomic E-state index is 12.9. The molecule has 0 unspecified atom stereocenters. The first kappa shape index (κ1) is 17.6. The lowest BCUT2D eigenvalue weighted by atomic mass is 10.1. The smallest absolute Gasteiger partial charge is 0.333 e. The van der Waals surface area contributed by atoms with Gasteiger partial charge in [0.1, 0.15) is 0 Å². The number of alkyl halides is 2. The first-order valence-corrected chi connectivity index (χ1v) is 8.07. The van der Waals surface area contributed by atoms with Crippen molar-refractivity contribution in [1.82, 2.24) is 29.4 Å². The number of anilines is 1. The van der Waals surface area contributed by atoms with E-state index in [-0.39, 0.29) is 5.82 Å². The molecule has 28 heavy (non-hydrogen) atoms. The van der Waals surface area contributed by atoms with Gasteiger partial charge in [0.05, 0.1) is 31.7 Å². The summed E-state index contributed by atoms with van der Waals surface area (Å²) < 4.78 is 38.1. The predicted octanol–water partition coefficient (Wildman–Crippen LogP) is 2.65. The van der Waals surface area contributed by atoms with Gasteiger partial charge in [-0.05, 0) is 12.1 Å². The molecule has 144 valence electrons. The summed E-state index contributed by atoms with van der Waals surface area (Å²) in [4.78, 5) is 8.79. The lowest BCUT2D eigenvalue weighted by molar-refractivity contribution is 0.0566. The fourth-order valence-electron chi connectivity index (χ4n) is 2.83. The molecule has 0 fully saturated rings. The monoisotopic (exact) mass is 387 g/mol. The second-order valence-corrected chi connectivity index (χ2v) is 5.76. The number of hydrogen-bond donors (Lipinski definition) is 1. The largest absolute Gasteiger partial charge is 0.491 e. The van der Waals surface area contributed by atoms with E-state index in [1.807, 2.05) is 0 Å². The Labute approximate surface area is 157 Å². The second kappa shape index (κ2) is 6.76. The van der Waals surface area contributed by atoms with Crippen LogP contribution in [-0.2, 0) is 0 Å². The van der Waals surface area contributed by atoms with E-state index < -0.39 is 6.55 Å². The van der Waals surface area contributed by atoms with Crippen LogP contribution in [0.4, 0.5) is 14.6 Å². The number of fused-ring (bicyclic) bond motifs is 1. The molecule has 11 heteroatoms. The first-order chi connectivity index (χ1) is 13.5. The number of ether oxygens (including phenoxy) is 2. The number of aromatic nitrogens is 6. The van der Waals surface area contributed by atoms with Crippen molar-refractivity contribution in [2.45, 2.75) is 6.55 Å². The highest BCUT2D eigenvalue weighted by molar-refractivity contribution is 5.86. The van der Waals surface area contributed by atoms with E-state index in [0.29, 0.717) is 44.3 Å². The Hall–Kier alpha value is -3.76. The highest BCUT2D eigenvalue weighted by Crippen LogP contribution is 2.33. The van der Waals surface area contributed by atoms with Crippen LogP contribution >= 0.6 is 0 Å². The molecule has 0 saturated carbocycles. The summed E-state index contributed by atoms with van der Waals surface area (Å²) in [5, 5.41) is 7.83. The minimum absolute atomic E-state index is 0.156. The number of nitrogens with zero attached hydrogens (tertiary/aromatic N) is 6. The average Bonchev–Trinajstić information content (AvgIpc) is 3.30. The van der Waals surface area contributed by atoms with Gasteiger partial charge in [0, 0.05) is 29.7 Å². The zero-order valence-electron chi connectivity index (χ0n) is 14.9. The van der Waals surface area contributed by atoms with E-state index in [4.69, 9.17) is 15.2 Å². The molecule has 0 aliphatic heterocycles. The molecule has 0 radical (unpaired) electrons. The van der Waals surface area contributed by atoms with E-state index in [1.165, 1.54) is 31.1 Å². The van der Waals surface area contributed by atoms with Crippen LogP contribution in [0.25, 0.3) is 28.0 Å². The minimum atomic E-state index is -2.75. The minimum Gasteiger partial charge on any atom is -0.491 e. The topological polar surface area (TPSA) is 105 Å². The fourth-order valence-corrected chi connectivity index (χ4v) is 2.83. The third-order valence-electron chi connectivity index (χ3n) is 4.13. The lowest BCUT2D eigenvalue weighted by Crippen LogP contribution is -1.97. The summed E-state index contributed by atoms with van der Waals surface area (Å²) in [6.07, 6.45) is 5.76. The molecular weight excluding hydrogens is 372 g/mol. The number of halogens is 2. The molecule has 2 N–H and O–H groups in total. The molecule has 0 bridgehead atoms. The molecule has 4 rings (SSSR count). The van der Waals surface area contributed by atoms with Crippen LogP contribution < -0.4 is 15.2 Å². The molecular formula is C17H15F2N7O2. The van der Waals surface area contributed by atoms with Crippen LogP contribution in [0.2, 0.25) is 0 Å². The number of pyridine rings is 1. The second-order valence-electron chi connectivity index (χ2n) is 5.76. The van der Waals surface area contributed by atoms with Gasteiger partial charge in [-0.3, -0.25) is 0 Å². The SMILES string of the molecule is COc1cc(-c2ccn3nc(N)c(-c4cnn(C(F)F)c4)c3n2)cnc1OC. The normalized spacial score (nSPS) is 11.3. The Kier molecular flexibility index (Phi) is 4.26. The predicted molar refractivity (Wildman–Crippen MR) is 96.2 cm³/mol. The van der Waals surface area contributed by atoms with Gasteiger partial charge in [-0.25, -0.2) is 19.2 Å². The van der Waals surface area contributed by atoms with Gasteiger partial charge in [-0.15, -0.1) is 5.10 Å². The third kappa shape index (κ3) is 2.86. The van der Waals surface area contributed by atoms with Crippen LogP contribution in [0.3, 0.4) is 0 Å². The Balaban J connectivity index is 1.85. The van der Waals surface area contributed by atoms with Gasteiger partial charge in [0.15, 0.2) is 17.2 Å². The third-order valence-corrected chi connectivity index (χ3v) is 4.13. The van der Waals surface area contributed by atoms with E-state index >= 15 is 0 Å². The van der Waals surface area contributed by atoms with Gasteiger partial charge in [0.25, 0.3) is 5.88 Å². The van der Waals surface area contributed by atoms with Crippen molar-refractivity contribution < 1.29 is 18.3 Å². The molecule has 4 aromatic heterocycles. The van der Waals surface area contributed by atoms with Crippen molar-refractivity contribution in [3.63, 3.8) is 0 Å². The average molecular weight is 387 g/mol. The van der Waals surface area contributed by atoms with E-state index in [9.17, 15) is 8.78 Å². The fraction of sp³-hybridized carbons (Fsp3) is 0.176. The van der Waals surface area contributed by atoms with E-state index in [0.717, 1.165) is 0 Å². The van der Waals surface area contributed by atoms with Crippen LogP contribution in [-0.4, -0.2) is 43.6 Å². The van der Waals surface area contributed by atoms with Crippen LogP contribution in [0.1, 0.15) is 6.55 Å². The lowest BCUT2D eigenvalue weighted by Gasteiger charge is -2.08. The molecule has 0 aliphatic rings. The molecule has 0 atom stereocenters. The van der Waals surface area contributed by atoms with Crippen LogP contribution in [0.5, 0.6) is 11.6 Å². The summed E-state index contributed by atoms with van der Waals surface area (Å²) in [7, 11) is 3.01. The molecule has 9 nitrogen and oxygen atoms in total. The Bertz CT molecular complexity index is 1160. The van der Waals surface area contributed by atoms with Crippen molar-refractivity contribution in [2.75, 3.05) is 20.0 Å². The van der Waals surface area contributed by atoms with Gasteiger partial charge in [0.2, 0.25) is 0 Å². The highest BCUT2D eigenvalue weighted by Gasteiger charge is 2.18. The number of nitrogens with two attached hydrogens (primary N) is 1. The Morgan fingerprint density at radius 1 is 1.14 bits per heavy atom. The van der Waals surface area contributed by atoms with Gasteiger partial charge in [-0.1, -0.05) is 0 Å². The Morgan fingerprint density at radius 3 is 2.64 bits per heavy atom. The molecule has 0 spiro atoms. The van der Waals surface area contributed by atoms with Crippen molar-refractivity contribution in [2.24, 2.45) is 0 Å². The maximum Gasteiger partial charge on any atom is 0.333 e.